The number of hydrogen-bond donors (Lipinski definition) is 2. The summed E-state index contributed by atoms with van der Waals surface area (Å²) in [6, 6.07) is 7.78. The monoisotopic (exact) mass is 330 g/mol. The standard InChI is InChI=1S/C16H23ClN2O.ClH/c1-11(2)15(12-5-7-14(17)8-6-12)19-16(20)13-4-3-9-18-10-13;/h5-8,11,13,15,18H,3-4,9-10H2,1-2H3,(H,19,20);1H. The van der Waals surface area contributed by atoms with Gasteiger partial charge in [-0.05, 0) is 43.0 Å². The minimum absolute atomic E-state index is 0. The topological polar surface area (TPSA) is 41.1 Å². The molecule has 0 radical (unpaired) electrons. The zero-order valence-corrected chi connectivity index (χ0v) is 14.1. The lowest BCUT2D eigenvalue weighted by atomic mass is 9.93. The van der Waals surface area contributed by atoms with E-state index in [1.807, 2.05) is 24.3 Å². The number of hydrogen-bond acceptors (Lipinski definition) is 2. The summed E-state index contributed by atoms with van der Waals surface area (Å²) in [5, 5.41) is 7.21. The molecular formula is C16H24Cl2N2O. The molecule has 1 amide bonds. The van der Waals surface area contributed by atoms with E-state index < -0.39 is 0 Å². The molecule has 5 heteroatoms. The maximum Gasteiger partial charge on any atom is 0.224 e. The van der Waals surface area contributed by atoms with Gasteiger partial charge in [0.2, 0.25) is 5.91 Å². The fourth-order valence-corrected chi connectivity index (χ4v) is 2.78. The Balaban J connectivity index is 0.00000220. The minimum atomic E-state index is 0. The molecule has 1 aliphatic heterocycles. The second-order valence-corrected chi connectivity index (χ2v) is 6.26. The quantitative estimate of drug-likeness (QED) is 0.885. The third-order valence-corrected chi connectivity index (χ3v) is 4.11. The first-order valence-corrected chi connectivity index (χ1v) is 7.72. The van der Waals surface area contributed by atoms with Crippen molar-refractivity contribution in [1.82, 2.24) is 10.6 Å². The summed E-state index contributed by atoms with van der Waals surface area (Å²) in [6.45, 7) is 6.06. The van der Waals surface area contributed by atoms with Crippen molar-refractivity contribution in [3.63, 3.8) is 0 Å². The Morgan fingerprint density at radius 3 is 2.52 bits per heavy atom. The van der Waals surface area contributed by atoms with Gasteiger partial charge in [-0.3, -0.25) is 4.79 Å². The zero-order valence-electron chi connectivity index (χ0n) is 12.6. The SMILES string of the molecule is CC(C)C(NC(=O)C1CCCNC1)c1ccc(Cl)cc1.Cl. The van der Waals surface area contributed by atoms with E-state index >= 15 is 0 Å². The summed E-state index contributed by atoms with van der Waals surface area (Å²) in [5.74, 6) is 0.597. The first kappa shape index (κ1) is 18.3. The van der Waals surface area contributed by atoms with E-state index in [-0.39, 0.29) is 30.3 Å². The molecule has 0 aromatic heterocycles. The number of nitrogens with one attached hydrogen (secondary N) is 2. The molecule has 21 heavy (non-hydrogen) atoms. The molecule has 1 aromatic rings. The normalized spacial score (nSPS) is 19.7. The van der Waals surface area contributed by atoms with E-state index in [0.717, 1.165) is 36.5 Å². The first-order chi connectivity index (χ1) is 9.58. The lowest BCUT2D eigenvalue weighted by molar-refractivity contribution is -0.126. The van der Waals surface area contributed by atoms with Crippen LogP contribution in [0.5, 0.6) is 0 Å². The lowest BCUT2D eigenvalue weighted by Gasteiger charge is -2.28. The molecule has 1 fully saturated rings. The van der Waals surface area contributed by atoms with Crippen LogP contribution in [0, 0.1) is 11.8 Å². The fourth-order valence-electron chi connectivity index (χ4n) is 2.65. The van der Waals surface area contributed by atoms with Crippen LogP contribution in [-0.2, 0) is 4.79 Å². The van der Waals surface area contributed by atoms with E-state index in [1.54, 1.807) is 0 Å². The summed E-state index contributed by atoms with van der Waals surface area (Å²) >= 11 is 5.93. The Morgan fingerprint density at radius 2 is 2.00 bits per heavy atom. The fraction of sp³-hybridized carbons (Fsp3) is 0.562. The Morgan fingerprint density at radius 1 is 1.33 bits per heavy atom. The molecule has 2 rings (SSSR count). The maximum absolute atomic E-state index is 12.4. The first-order valence-electron chi connectivity index (χ1n) is 7.34. The van der Waals surface area contributed by atoms with Gasteiger partial charge in [-0.25, -0.2) is 0 Å². The molecule has 2 N–H and O–H groups in total. The summed E-state index contributed by atoms with van der Waals surface area (Å²) in [4.78, 5) is 12.4. The minimum Gasteiger partial charge on any atom is -0.349 e. The van der Waals surface area contributed by atoms with Gasteiger partial charge >= 0.3 is 0 Å². The predicted octanol–water partition coefficient (Wildman–Crippen LogP) is 3.57. The second-order valence-electron chi connectivity index (χ2n) is 5.83. The third-order valence-electron chi connectivity index (χ3n) is 3.86. The largest absolute Gasteiger partial charge is 0.349 e. The van der Waals surface area contributed by atoms with Gasteiger partial charge in [0.25, 0.3) is 0 Å². The molecule has 0 bridgehead atoms. The van der Waals surface area contributed by atoms with Crippen molar-refractivity contribution in [2.24, 2.45) is 11.8 Å². The highest BCUT2D eigenvalue weighted by Gasteiger charge is 2.25. The van der Waals surface area contributed by atoms with Gasteiger partial charge in [-0.1, -0.05) is 37.6 Å². The molecule has 0 spiro atoms. The Labute approximate surface area is 138 Å². The van der Waals surface area contributed by atoms with Crippen LogP contribution in [0.4, 0.5) is 0 Å². The second kappa shape index (κ2) is 8.62. The number of piperidine rings is 1. The van der Waals surface area contributed by atoms with Crippen molar-refractivity contribution in [3.05, 3.63) is 34.9 Å². The molecule has 1 heterocycles. The smallest absolute Gasteiger partial charge is 0.224 e. The molecular weight excluding hydrogens is 307 g/mol. The predicted molar refractivity (Wildman–Crippen MR) is 90.0 cm³/mol. The molecule has 0 aliphatic carbocycles. The molecule has 2 unspecified atom stereocenters. The van der Waals surface area contributed by atoms with Crippen LogP contribution < -0.4 is 10.6 Å². The Kier molecular flexibility index (Phi) is 7.50. The molecule has 3 nitrogen and oxygen atoms in total. The van der Waals surface area contributed by atoms with Crippen molar-refractivity contribution >= 4 is 29.9 Å². The number of halogens is 2. The molecule has 2 atom stereocenters. The summed E-state index contributed by atoms with van der Waals surface area (Å²) in [6.07, 6.45) is 2.05. The maximum atomic E-state index is 12.4. The molecule has 1 aliphatic rings. The van der Waals surface area contributed by atoms with E-state index in [9.17, 15) is 4.79 Å². The molecule has 1 aromatic carbocycles. The van der Waals surface area contributed by atoms with E-state index in [4.69, 9.17) is 11.6 Å². The summed E-state index contributed by atoms with van der Waals surface area (Å²) in [7, 11) is 0. The van der Waals surface area contributed by atoms with Crippen LogP contribution in [0.1, 0.15) is 38.3 Å². The average Bonchev–Trinajstić information content (AvgIpc) is 2.46. The van der Waals surface area contributed by atoms with Crippen molar-refractivity contribution in [1.29, 1.82) is 0 Å². The number of benzene rings is 1. The number of rotatable bonds is 4. The summed E-state index contributed by atoms with van der Waals surface area (Å²) < 4.78 is 0. The Hall–Kier alpha value is -0.770. The van der Waals surface area contributed by atoms with Gasteiger partial charge in [0.05, 0.1) is 12.0 Å². The molecule has 118 valence electrons. The van der Waals surface area contributed by atoms with Crippen LogP contribution in [0.25, 0.3) is 0 Å². The lowest BCUT2D eigenvalue weighted by Crippen LogP contribution is -2.42. The Bertz CT molecular complexity index is 442. The highest BCUT2D eigenvalue weighted by atomic mass is 35.5. The van der Waals surface area contributed by atoms with E-state index in [0.29, 0.717) is 5.92 Å². The number of amides is 1. The number of carbonyl (C=O) groups is 1. The molecule has 0 saturated carbocycles. The van der Waals surface area contributed by atoms with Gasteiger partial charge in [-0.15, -0.1) is 12.4 Å². The third kappa shape index (κ3) is 5.17. The van der Waals surface area contributed by atoms with Crippen LogP contribution in [0.3, 0.4) is 0 Å². The summed E-state index contributed by atoms with van der Waals surface area (Å²) in [5.41, 5.74) is 1.11. The van der Waals surface area contributed by atoms with Crippen LogP contribution in [0.15, 0.2) is 24.3 Å². The number of carbonyl (C=O) groups excluding carboxylic acids is 1. The molecule has 1 saturated heterocycles. The van der Waals surface area contributed by atoms with E-state index in [2.05, 4.69) is 24.5 Å². The van der Waals surface area contributed by atoms with Crippen molar-refractivity contribution in [2.75, 3.05) is 13.1 Å². The van der Waals surface area contributed by atoms with Crippen LogP contribution >= 0.6 is 24.0 Å². The van der Waals surface area contributed by atoms with Gasteiger partial charge in [0.1, 0.15) is 0 Å². The van der Waals surface area contributed by atoms with Crippen LogP contribution in [-0.4, -0.2) is 19.0 Å². The van der Waals surface area contributed by atoms with Gasteiger partial charge in [0, 0.05) is 11.6 Å². The van der Waals surface area contributed by atoms with Crippen molar-refractivity contribution in [3.8, 4) is 0 Å². The van der Waals surface area contributed by atoms with Crippen molar-refractivity contribution in [2.45, 2.75) is 32.7 Å². The van der Waals surface area contributed by atoms with Crippen LogP contribution in [0.2, 0.25) is 5.02 Å². The van der Waals surface area contributed by atoms with Gasteiger partial charge in [0.15, 0.2) is 0 Å². The van der Waals surface area contributed by atoms with E-state index in [1.165, 1.54) is 0 Å². The zero-order chi connectivity index (χ0) is 14.5. The average molecular weight is 331 g/mol. The highest BCUT2D eigenvalue weighted by Crippen LogP contribution is 2.24. The van der Waals surface area contributed by atoms with Crippen molar-refractivity contribution < 1.29 is 4.79 Å². The highest BCUT2D eigenvalue weighted by molar-refractivity contribution is 6.30. The van der Waals surface area contributed by atoms with Gasteiger partial charge < -0.3 is 10.6 Å². The van der Waals surface area contributed by atoms with Gasteiger partial charge in [-0.2, -0.15) is 0 Å².